The van der Waals surface area contributed by atoms with Crippen molar-refractivity contribution in [2.45, 2.75) is 39.7 Å². The predicted octanol–water partition coefficient (Wildman–Crippen LogP) is 4.02. The Kier molecular flexibility index (Phi) is 5.68. The number of hydrogen-bond acceptors (Lipinski definition) is 5. The second kappa shape index (κ2) is 7.72. The smallest absolute Gasteiger partial charge is 0.383 e. The summed E-state index contributed by atoms with van der Waals surface area (Å²) in [7, 11) is 0. The van der Waals surface area contributed by atoms with E-state index in [1.165, 1.54) is 0 Å². The first-order chi connectivity index (χ1) is 11.0. The molecule has 124 valence electrons. The van der Waals surface area contributed by atoms with E-state index in [0.29, 0.717) is 17.7 Å². The van der Waals surface area contributed by atoms with Crippen LogP contribution in [0.15, 0.2) is 39.6 Å². The van der Waals surface area contributed by atoms with E-state index in [1.54, 1.807) is 32.0 Å². The van der Waals surface area contributed by atoms with Crippen molar-refractivity contribution in [1.29, 1.82) is 0 Å². The molecule has 0 fully saturated rings. The molecule has 1 aromatic carbocycles. The lowest BCUT2D eigenvalue weighted by atomic mass is 10.2. The Morgan fingerprint density at radius 1 is 1.30 bits per heavy atom. The Bertz CT molecular complexity index is 743. The molecule has 2 aromatic rings. The molecule has 0 saturated heterocycles. The van der Waals surface area contributed by atoms with E-state index in [4.69, 9.17) is 13.9 Å². The van der Waals surface area contributed by atoms with Crippen molar-refractivity contribution in [2.24, 2.45) is 0 Å². The van der Waals surface area contributed by atoms with Crippen molar-refractivity contribution < 1.29 is 19.0 Å². The largest absolute Gasteiger partial charge is 0.503 e. The summed E-state index contributed by atoms with van der Waals surface area (Å²) in [4.78, 5) is 11.9. The first-order valence-electron chi connectivity index (χ1n) is 7.77. The van der Waals surface area contributed by atoms with E-state index in [-0.39, 0.29) is 23.2 Å². The molecule has 0 saturated carbocycles. The minimum Gasteiger partial charge on any atom is -0.503 e. The van der Waals surface area contributed by atoms with Gasteiger partial charge in [0.05, 0.1) is 12.7 Å². The van der Waals surface area contributed by atoms with Crippen LogP contribution in [-0.2, 0) is 0 Å². The molecule has 5 heteroatoms. The third kappa shape index (κ3) is 4.06. The van der Waals surface area contributed by atoms with Gasteiger partial charge in [0.1, 0.15) is 16.7 Å². The summed E-state index contributed by atoms with van der Waals surface area (Å²) in [6.07, 6.45) is 5.59. The number of rotatable bonds is 7. The molecule has 0 radical (unpaired) electrons. The highest BCUT2D eigenvalue weighted by molar-refractivity contribution is 5.91. The molecule has 0 spiro atoms. The molecule has 1 heterocycles. The monoisotopic (exact) mass is 318 g/mol. The fraction of sp³-hybridized carbons (Fsp3) is 0.389. The van der Waals surface area contributed by atoms with Gasteiger partial charge in [-0.2, -0.15) is 0 Å². The lowest BCUT2D eigenvalue weighted by Gasteiger charge is -2.13. The molecule has 0 aliphatic carbocycles. The quantitative estimate of drug-likeness (QED) is 0.474. The van der Waals surface area contributed by atoms with Crippen LogP contribution in [0.4, 0.5) is 0 Å². The molecule has 0 amide bonds. The van der Waals surface area contributed by atoms with Crippen molar-refractivity contribution >= 4 is 11.0 Å². The SMILES string of the molecule is CCC=CCCOc1cccc2oc(=O)c(OC(C)C)c(O)c12. The van der Waals surface area contributed by atoms with Crippen LogP contribution in [0.2, 0.25) is 0 Å². The lowest BCUT2D eigenvalue weighted by Crippen LogP contribution is -2.13. The molecule has 2 rings (SSSR count). The summed E-state index contributed by atoms with van der Waals surface area (Å²) in [6, 6.07) is 5.05. The van der Waals surface area contributed by atoms with Crippen molar-refractivity contribution in [3.8, 4) is 17.2 Å². The summed E-state index contributed by atoms with van der Waals surface area (Å²) in [6.45, 7) is 6.07. The van der Waals surface area contributed by atoms with Crippen LogP contribution < -0.4 is 15.1 Å². The van der Waals surface area contributed by atoms with E-state index >= 15 is 0 Å². The highest BCUT2D eigenvalue weighted by atomic mass is 16.5. The standard InChI is InChI=1S/C18H22O5/c1-4-5-6-7-11-21-13-9-8-10-14-15(13)16(19)17(18(20)23-14)22-12(2)3/h5-6,8-10,12,19H,4,7,11H2,1-3H3. The third-order valence-electron chi connectivity index (χ3n) is 3.13. The zero-order valence-electron chi connectivity index (χ0n) is 13.7. The molecule has 0 atom stereocenters. The highest BCUT2D eigenvalue weighted by Crippen LogP contribution is 2.38. The molecule has 23 heavy (non-hydrogen) atoms. The average molecular weight is 318 g/mol. The van der Waals surface area contributed by atoms with Gasteiger partial charge < -0.3 is 19.0 Å². The number of benzene rings is 1. The molecule has 5 nitrogen and oxygen atoms in total. The van der Waals surface area contributed by atoms with Crippen molar-refractivity contribution in [3.63, 3.8) is 0 Å². The van der Waals surface area contributed by atoms with E-state index < -0.39 is 5.63 Å². The Morgan fingerprint density at radius 2 is 2.09 bits per heavy atom. The highest BCUT2D eigenvalue weighted by Gasteiger charge is 2.19. The maximum absolute atomic E-state index is 11.9. The van der Waals surface area contributed by atoms with E-state index in [9.17, 15) is 9.90 Å². The van der Waals surface area contributed by atoms with Crippen molar-refractivity contribution in [3.05, 3.63) is 40.8 Å². The number of aromatic hydroxyl groups is 1. The maximum atomic E-state index is 11.9. The fourth-order valence-electron chi connectivity index (χ4n) is 2.17. The number of fused-ring (bicyclic) bond motifs is 1. The summed E-state index contributed by atoms with van der Waals surface area (Å²) >= 11 is 0. The van der Waals surface area contributed by atoms with Crippen molar-refractivity contribution in [1.82, 2.24) is 0 Å². The Hall–Kier alpha value is -2.43. The van der Waals surface area contributed by atoms with E-state index in [2.05, 4.69) is 13.0 Å². The zero-order valence-corrected chi connectivity index (χ0v) is 13.7. The second-order valence-corrected chi connectivity index (χ2v) is 5.38. The Balaban J connectivity index is 2.38. The molecule has 1 N–H and O–H groups in total. The van der Waals surface area contributed by atoms with Crippen molar-refractivity contribution in [2.75, 3.05) is 6.61 Å². The van der Waals surface area contributed by atoms with E-state index in [1.807, 2.05) is 6.08 Å². The van der Waals surface area contributed by atoms with Crippen LogP contribution in [0.1, 0.15) is 33.6 Å². The predicted molar refractivity (Wildman–Crippen MR) is 89.5 cm³/mol. The van der Waals surface area contributed by atoms with Crippen LogP contribution in [0.3, 0.4) is 0 Å². The summed E-state index contributed by atoms with van der Waals surface area (Å²) in [5.41, 5.74) is -0.433. The molecule has 0 aliphatic rings. The molecule has 1 aromatic heterocycles. The fourth-order valence-corrected chi connectivity index (χ4v) is 2.17. The molecule has 0 bridgehead atoms. The normalized spacial score (nSPS) is 11.5. The second-order valence-electron chi connectivity index (χ2n) is 5.38. The van der Waals surface area contributed by atoms with Gasteiger partial charge in [0.2, 0.25) is 5.75 Å². The summed E-state index contributed by atoms with van der Waals surface area (Å²) in [5.74, 6) is 0.0290. The number of hydrogen-bond donors (Lipinski definition) is 1. The Morgan fingerprint density at radius 3 is 2.78 bits per heavy atom. The number of allylic oxidation sites excluding steroid dienone is 1. The van der Waals surface area contributed by atoms with E-state index in [0.717, 1.165) is 12.8 Å². The average Bonchev–Trinajstić information content (AvgIpc) is 2.50. The van der Waals surface area contributed by atoms with Crippen LogP contribution >= 0.6 is 0 Å². The first-order valence-corrected chi connectivity index (χ1v) is 7.77. The zero-order chi connectivity index (χ0) is 16.8. The van der Waals surface area contributed by atoms with Gasteiger partial charge in [-0.05, 0) is 38.8 Å². The summed E-state index contributed by atoms with van der Waals surface area (Å²) < 4.78 is 16.3. The van der Waals surface area contributed by atoms with Crippen LogP contribution in [0.5, 0.6) is 17.2 Å². The van der Waals surface area contributed by atoms with Gasteiger partial charge in [0.25, 0.3) is 0 Å². The third-order valence-corrected chi connectivity index (χ3v) is 3.13. The lowest BCUT2D eigenvalue weighted by molar-refractivity contribution is 0.221. The van der Waals surface area contributed by atoms with Gasteiger partial charge in [-0.1, -0.05) is 25.1 Å². The van der Waals surface area contributed by atoms with Crippen LogP contribution in [0, 0.1) is 0 Å². The molecular formula is C18H22O5. The van der Waals surface area contributed by atoms with Gasteiger partial charge >= 0.3 is 5.63 Å². The minimum absolute atomic E-state index is 0.186. The van der Waals surface area contributed by atoms with Gasteiger partial charge in [0.15, 0.2) is 5.75 Å². The maximum Gasteiger partial charge on any atom is 0.383 e. The number of ether oxygens (including phenoxy) is 2. The van der Waals surface area contributed by atoms with Gasteiger partial charge in [-0.15, -0.1) is 0 Å². The van der Waals surface area contributed by atoms with Crippen LogP contribution in [0.25, 0.3) is 11.0 Å². The van der Waals surface area contributed by atoms with Gasteiger partial charge in [-0.3, -0.25) is 0 Å². The Labute approximate surface area is 135 Å². The van der Waals surface area contributed by atoms with Gasteiger partial charge in [0, 0.05) is 0 Å². The molecule has 0 aliphatic heterocycles. The topological polar surface area (TPSA) is 68.9 Å². The first kappa shape index (κ1) is 16.9. The van der Waals surface area contributed by atoms with Gasteiger partial charge in [-0.25, -0.2) is 4.79 Å². The summed E-state index contributed by atoms with van der Waals surface area (Å²) in [5, 5.41) is 10.8. The minimum atomic E-state index is -0.702. The van der Waals surface area contributed by atoms with Crippen LogP contribution in [-0.4, -0.2) is 17.8 Å². The molecule has 0 unspecified atom stereocenters. The molecular weight excluding hydrogens is 296 g/mol.